The third-order valence-corrected chi connectivity index (χ3v) is 3.33. The smallest absolute Gasteiger partial charge is 0.371 e. The van der Waals surface area contributed by atoms with Crippen molar-refractivity contribution in [2.45, 2.75) is 46.1 Å². The standard InChI is InChI=1S/C12H20O3.H2O/c1-8(2)10-5-4-9(3)6-11(10)15-12(14)7-13;/h7-11H,4-6H2,1-3H3;1H2. The molecule has 94 valence electrons. The van der Waals surface area contributed by atoms with E-state index in [1.807, 2.05) is 0 Å². The SMILES string of the molecule is CC1CCC(C(C)C)C(OC(=O)C=O)C1.O. The summed E-state index contributed by atoms with van der Waals surface area (Å²) in [7, 11) is 0. The first kappa shape index (κ1) is 15.1. The van der Waals surface area contributed by atoms with E-state index in [9.17, 15) is 9.59 Å². The molecule has 0 aromatic heterocycles. The predicted molar refractivity (Wildman–Crippen MR) is 60.9 cm³/mol. The van der Waals surface area contributed by atoms with Crippen LogP contribution in [-0.2, 0) is 14.3 Å². The lowest BCUT2D eigenvalue weighted by atomic mass is 9.75. The minimum absolute atomic E-state index is 0. The van der Waals surface area contributed by atoms with Crippen molar-refractivity contribution in [1.82, 2.24) is 0 Å². The van der Waals surface area contributed by atoms with Crippen molar-refractivity contribution >= 4 is 12.3 Å². The van der Waals surface area contributed by atoms with E-state index >= 15 is 0 Å². The number of rotatable bonds is 3. The van der Waals surface area contributed by atoms with Gasteiger partial charge < -0.3 is 10.2 Å². The van der Waals surface area contributed by atoms with Gasteiger partial charge in [0.1, 0.15) is 6.10 Å². The highest BCUT2D eigenvalue weighted by Gasteiger charge is 2.33. The van der Waals surface area contributed by atoms with Crippen LogP contribution in [0.4, 0.5) is 0 Å². The molecule has 0 aromatic carbocycles. The summed E-state index contributed by atoms with van der Waals surface area (Å²) in [6, 6.07) is 0. The van der Waals surface area contributed by atoms with Gasteiger partial charge in [-0.15, -0.1) is 0 Å². The number of esters is 1. The van der Waals surface area contributed by atoms with E-state index in [1.165, 1.54) is 6.42 Å². The van der Waals surface area contributed by atoms with Crippen molar-refractivity contribution in [2.75, 3.05) is 0 Å². The van der Waals surface area contributed by atoms with Crippen LogP contribution in [0.5, 0.6) is 0 Å². The topological polar surface area (TPSA) is 74.9 Å². The Balaban J connectivity index is 0.00000225. The summed E-state index contributed by atoms with van der Waals surface area (Å²) in [5.74, 6) is 0.774. The molecule has 0 radical (unpaired) electrons. The maximum Gasteiger partial charge on any atom is 0.371 e. The highest BCUT2D eigenvalue weighted by molar-refractivity contribution is 6.20. The minimum atomic E-state index is -0.722. The number of carbonyl (C=O) groups excluding carboxylic acids is 2. The number of aldehydes is 1. The van der Waals surface area contributed by atoms with Gasteiger partial charge in [0.2, 0.25) is 6.29 Å². The summed E-state index contributed by atoms with van der Waals surface area (Å²) in [4.78, 5) is 21.2. The Hall–Kier alpha value is -0.900. The van der Waals surface area contributed by atoms with Gasteiger partial charge in [0, 0.05) is 0 Å². The molecule has 3 unspecified atom stereocenters. The number of hydrogen-bond donors (Lipinski definition) is 0. The first-order chi connectivity index (χ1) is 7.04. The maximum absolute atomic E-state index is 11.0. The van der Waals surface area contributed by atoms with Gasteiger partial charge in [-0.2, -0.15) is 0 Å². The Morgan fingerprint density at radius 3 is 2.50 bits per heavy atom. The van der Waals surface area contributed by atoms with Gasteiger partial charge in [0.05, 0.1) is 0 Å². The van der Waals surface area contributed by atoms with E-state index in [2.05, 4.69) is 20.8 Å². The van der Waals surface area contributed by atoms with Crippen LogP contribution in [0.2, 0.25) is 0 Å². The third-order valence-electron chi connectivity index (χ3n) is 3.33. The highest BCUT2D eigenvalue weighted by atomic mass is 16.5. The normalized spacial score (nSPS) is 29.4. The molecular weight excluding hydrogens is 208 g/mol. The van der Waals surface area contributed by atoms with Gasteiger partial charge in [-0.05, 0) is 30.6 Å². The third kappa shape index (κ3) is 3.93. The average Bonchev–Trinajstić information content (AvgIpc) is 2.17. The van der Waals surface area contributed by atoms with E-state index in [0.717, 1.165) is 12.8 Å². The summed E-state index contributed by atoms with van der Waals surface area (Å²) >= 11 is 0. The molecule has 0 bridgehead atoms. The molecule has 0 aliphatic heterocycles. The Morgan fingerprint density at radius 1 is 1.38 bits per heavy atom. The summed E-state index contributed by atoms with van der Waals surface area (Å²) in [5, 5.41) is 0. The minimum Gasteiger partial charge on any atom is -0.457 e. The molecule has 0 amide bonds. The number of carbonyl (C=O) groups is 2. The molecule has 1 aliphatic carbocycles. The largest absolute Gasteiger partial charge is 0.457 e. The molecule has 3 atom stereocenters. The van der Waals surface area contributed by atoms with Gasteiger partial charge in [-0.3, -0.25) is 4.79 Å². The van der Waals surface area contributed by atoms with Gasteiger partial charge in [-0.25, -0.2) is 4.79 Å². The fourth-order valence-corrected chi connectivity index (χ4v) is 2.43. The van der Waals surface area contributed by atoms with Gasteiger partial charge >= 0.3 is 5.97 Å². The molecule has 1 saturated carbocycles. The van der Waals surface area contributed by atoms with Gasteiger partial charge in [0.15, 0.2) is 0 Å². The Labute approximate surface area is 96.7 Å². The summed E-state index contributed by atoms with van der Waals surface area (Å²) in [6.07, 6.45) is 3.37. The molecule has 0 aromatic rings. The average molecular weight is 230 g/mol. The zero-order chi connectivity index (χ0) is 11.4. The van der Waals surface area contributed by atoms with E-state index in [1.54, 1.807) is 0 Å². The second-order valence-corrected chi connectivity index (χ2v) is 4.92. The lowest BCUT2D eigenvalue weighted by Gasteiger charge is -2.36. The predicted octanol–water partition coefficient (Wildman–Crippen LogP) is 1.36. The van der Waals surface area contributed by atoms with Crippen LogP contribution < -0.4 is 0 Å². The fourth-order valence-electron chi connectivity index (χ4n) is 2.43. The zero-order valence-corrected chi connectivity index (χ0v) is 10.2. The maximum atomic E-state index is 11.0. The van der Waals surface area contributed by atoms with Crippen LogP contribution in [0, 0.1) is 17.8 Å². The quantitative estimate of drug-likeness (QED) is 0.417. The van der Waals surface area contributed by atoms with Gasteiger partial charge in [0.25, 0.3) is 0 Å². The van der Waals surface area contributed by atoms with Crippen molar-refractivity contribution in [1.29, 1.82) is 0 Å². The molecule has 2 N–H and O–H groups in total. The van der Waals surface area contributed by atoms with Crippen LogP contribution in [0.1, 0.15) is 40.0 Å². The lowest BCUT2D eigenvalue weighted by molar-refractivity contribution is -0.158. The first-order valence-corrected chi connectivity index (χ1v) is 5.70. The molecule has 16 heavy (non-hydrogen) atoms. The Morgan fingerprint density at radius 2 is 2.00 bits per heavy atom. The number of ether oxygens (including phenoxy) is 1. The zero-order valence-electron chi connectivity index (χ0n) is 10.2. The van der Waals surface area contributed by atoms with Crippen LogP contribution in [0.15, 0.2) is 0 Å². The summed E-state index contributed by atoms with van der Waals surface area (Å²) in [5.41, 5.74) is 0. The molecule has 1 fully saturated rings. The van der Waals surface area contributed by atoms with E-state index in [0.29, 0.717) is 17.8 Å². The molecular formula is C12H22O4. The molecule has 0 heterocycles. The van der Waals surface area contributed by atoms with Crippen molar-refractivity contribution in [3.05, 3.63) is 0 Å². The molecule has 1 aliphatic rings. The highest BCUT2D eigenvalue weighted by Crippen LogP contribution is 2.35. The van der Waals surface area contributed by atoms with Crippen LogP contribution in [0.3, 0.4) is 0 Å². The molecule has 1 rings (SSSR count). The first-order valence-electron chi connectivity index (χ1n) is 5.70. The monoisotopic (exact) mass is 230 g/mol. The molecule has 4 nitrogen and oxygen atoms in total. The number of hydrogen-bond acceptors (Lipinski definition) is 3. The Bertz CT molecular complexity index is 237. The van der Waals surface area contributed by atoms with Crippen molar-refractivity contribution in [3.8, 4) is 0 Å². The second-order valence-electron chi connectivity index (χ2n) is 4.92. The Kier molecular flexibility index (Phi) is 6.26. The summed E-state index contributed by atoms with van der Waals surface area (Å²) in [6.45, 7) is 6.45. The lowest BCUT2D eigenvalue weighted by Crippen LogP contribution is -2.36. The van der Waals surface area contributed by atoms with E-state index in [-0.39, 0.29) is 17.9 Å². The molecule has 0 saturated heterocycles. The fraction of sp³-hybridized carbons (Fsp3) is 0.833. The van der Waals surface area contributed by atoms with Crippen molar-refractivity contribution in [3.63, 3.8) is 0 Å². The van der Waals surface area contributed by atoms with Crippen molar-refractivity contribution in [2.24, 2.45) is 17.8 Å². The van der Waals surface area contributed by atoms with Crippen LogP contribution in [-0.4, -0.2) is 23.8 Å². The van der Waals surface area contributed by atoms with E-state index in [4.69, 9.17) is 4.74 Å². The van der Waals surface area contributed by atoms with Gasteiger partial charge in [-0.1, -0.05) is 27.2 Å². The molecule has 0 spiro atoms. The van der Waals surface area contributed by atoms with Crippen molar-refractivity contribution < 1.29 is 19.8 Å². The summed E-state index contributed by atoms with van der Waals surface area (Å²) < 4.78 is 5.18. The molecule has 4 heteroatoms. The van der Waals surface area contributed by atoms with Crippen LogP contribution >= 0.6 is 0 Å². The van der Waals surface area contributed by atoms with E-state index < -0.39 is 5.97 Å². The van der Waals surface area contributed by atoms with Crippen LogP contribution in [0.25, 0.3) is 0 Å². The second kappa shape index (κ2) is 6.63.